The largest absolute Gasteiger partial charge is 0.395 e. The number of halogens is 2. The molecule has 0 saturated carbocycles. The first-order chi connectivity index (χ1) is 10.2. The lowest BCUT2D eigenvalue weighted by molar-refractivity contribution is 0.305. The molecule has 0 unspecified atom stereocenters. The SMILES string of the molecule is OCCC#Cc1cc(F)cc(CSc2ccccc2Cl)c1. The Balaban J connectivity index is 2.10. The lowest BCUT2D eigenvalue weighted by atomic mass is 10.1. The molecule has 108 valence electrons. The summed E-state index contributed by atoms with van der Waals surface area (Å²) in [6, 6.07) is 12.3. The zero-order chi connectivity index (χ0) is 15.1. The third-order valence-corrected chi connectivity index (χ3v) is 4.24. The molecule has 0 aliphatic carbocycles. The van der Waals surface area contributed by atoms with Gasteiger partial charge in [0.2, 0.25) is 0 Å². The van der Waals surface area contributed by atoms with Crippen molar-refractivity contribution in [3.8, 4) is 11.8 Å². The first-order valence-corrected chi connectivity index (χ1v) is 7.82. The summed E-state index contributed by atoms with van der Waals surface area (Å²) in [7, 11) is 0. The maximum atomic E-state index is 13.6. The van der Waals surface area contributed by atoms with Crippen molar-refractivity contribution in [1.82, 2.24) is 0 Å². The number of aliphatic hydroxyl groups excluding tert-OH is 1. The predicted molar refractivity (Wildman–Crippen MR) is 86.0 cm³/mol. The maximum absolute atomic E-state index is 13.6. The summed E-state index contributed by atoms with van der Waals surface area (Å²) in [4.78, 5) is 0.969. The Kier molecular flexibility index (Phi) is 6.13. The molecule has 0 bridgehead atoms. The number of hydrogen-bond acceptors (Lipinski definition) is 2. The summed E-state index contributed by atoms with van der Waals surface area (Å²) < 4.78 is 13.6. The van der Waals surface area contributed by atoms with E-state index < -0.39 is 0 Å². The second-order valence-electron chi connectivity index (χ2n) is 4.34. The molecular weight excluding hydrogens is 307 g/mol. The van der Waals surface area contributed by atoms with Gasteiger partial charge in [0.1, 0.15) is 5.82 Å². The molecular formula is C17H14ClFOS. The Morgan fingerprint density at radius 2 is 2.00 bits per heavy atom. The normalized spacial score (nSPS) is 10.0. The van der Waals surface area contributed by atoms with E-state index in [2.05, 4.69) is 11.8 Å². The van der Waals surface area contributed by atoms with Crippen LogP contribution in [0, 0.1) is 17.7 Å². The molecule has 2 aromatic carbocycles. The van der Waals surface area contributed by atoms with Crippen molar-refractivity contribution in [2.75, 3.05) is 6.61 Å². The predicted octanol–water partition coefficient (Wildman–Crippen LogP) is 4.51. The van der Waals surface area contributed by atoms with E-state index >= 15 is 0 Å². The van der Waals surface area contributed by atoms with Crippen LogP contribution in [0.4, 0.5) is 4.39 Å². The fourth-order valence-electron chi connectivity index (χ4n) is 1.75. The molecule has 0 amide bonds. The molecule has 4 heteroatoms. The van der Waals surface area contributed by atoms with Gasteiger partial charge in [0.05, 0.1) is 11.6 Å². The first kappa shape index (κ1) is 15.9. The number of aliphatic hydroxyl groups is 1. The van der Waals surface area contributed by atoms with Gasteiger partial charge >= 0.3 is 0 Å². The third-order valence-electron chi connectivity index (χ3n) is 2.66. The Labute approximate surface area is 133 Å². The molecule has 1 N–H and O–H groups in total. The minimum atomic E-state index is -0.305. The highest BCUT2D eigenvalue weighted by atomic mass is 35.5. The number of benzene rings is 2. The lowest BCUT2D eigenvalue weighted by Gasteiger charge is -2.05. The third kappa shape index (κ3) is 5.09. The summed E-state index contributed by atoms with van der Waals surface area (Å²) in [6.07, 6.45) is 0.389. The van der Waals surface area contributed by atoms with Crippen LogP contribution in [0.5, 0.6) is 0 Å². The summed E-state index contributed by atoms with van der Waals surface area (Å²) in [5, 5.41) is 9.39. The van der Waals surface area contributed by atoms with Crippen LogP contribution >= 0.6 is 23.4 Å². The highest BCUT2D eigenvalue weighted by Crippen LogP contribution is 2.29. The van der Waals surface area contributed by atoms with Crippen LogP contribution < -0.4 is 0 Å². The fourth-order valence-corrected chi connectivity index (χ4v) is 2.92. The van der Waals surface area contributed by atoms with Gasteiger partial charge in [-0.3, -0.25) is 0 Å². The molecule has 0 spiro atoms. The van der Waals surface area contributed by atoms with Crippen LogP contribution in [0.25, 0.3) is 0 Å². The molecule has 0 saturated heterocycles. The molecule has 0 heterocycles. The molecule has 1 nitrogen and oxygen atoms in total. The van der Waals surface area contributed by atoms with Gasteiger partial charge in [-0.2, -0.15) is 0 Å². The standard InChI is InChI=1S/C17H14ClFOS/c18-16-6-1-2-7-17(16)21-12-14-9-13(5-3-4-8-20)10-15(19)11-14/h1-2,6-7,9-11,20H,4,8,12H2. The van der Waals surface area contributed by atoms with E-state index in [1.807, 2.05) is 30.3 Å². The van der Waals surface area contributed by atoms with E-state index in [4.69, 9.17) is 16.7 Å². The van der Waals surface area contributed by atoms with Gasteiger partial charge in [-0.15, -0.1) is 11.8 Å². The van der Waals surface area contributed by atoms with Gasteiger partial charge < -0.3 is 5.11 Å². The summed E-state index contributed by atoms with van der Waals surface area (Å²) in [6.45, 7) is 0.0114. The van der Waals surface area contributed by atoms with E-state index in [-0.39, 0.29) is 12.4 Å². The van der Waals surface area contributed by atoms with Gasteiger partial charge in [0.15, 0.2) is 0 Å². The van der Waals surface area contributed by atoms with Crippen LogP contribution in [-0.2, 0) is 5.75 Å². The van der Waals surface area contributed by atoms with Gasteiger partial charge in [0, 0.05) is 22.6 Å². The van der Waals surface area contributed by atoms with Crippen LogP contribution in [0.1, 0.15) is 17.5 Å². The minimum absolute atomic E-state index is 0.0114. The first-order valence-electron chi connectivity index (χ1n) is 6.45. The summed E-state index contributed by atoms with van der Waals surface area (Å²) in [5.74, 6) is 5.96. The molecule has 0 atom stereocenters. The van der Waals surface area contributed by atoms with E-state index in [1.54, 1.807) is 11.8 Å². The number of rotatable bonds is 4. The van der Waals surface area contributed by atoms with Gasteiger partial charge in [-0.25, -0.2) is 4.39 Å². The van der Waals surface area contributed by atoms with E-state index in [9.17, 15) is 4.39 Å². The fraction of sp³-hybridized carbons (Fsp3) is 0.176. The Bertz CT molecular complexity index is 676. The molecule has 0 radical (unpaired) electrons. The Morgan fingerprint density at radius 3 is 2.76 bits per heavy atom. The summed E-state index contributed by atoms with van der Waals surface area (Å²) >= 11 is 7.66. The van der Waals surface area contributed by atoms with Crippen molar-refractivity contribution in [2.45, 2.75) is 17.1 Å². The molecule has 0 aliphatic heterocycles. The van der Waals surface area contributed by atoms with Crippen molar-refractivity contribution in [3.05, 3.63) is 64.4 Å². The lowest BCUT2D eigenvalue weighted by Crippen LogP contribution is -1.87. The average molecular weight is 321 g/mol. The smallest absolute Gasteiger partial charge is 0.124 e. The van der Waals surface area contributed by atoms with Gasteiger partial charge in [-0.1, -0.05) is 35.6 Å². The molecule has 0 aromatic heterocycles. The second-order valence-corrected chi connectivity index (χ2v) is 5.77. The monoisotopic (exact) mass is 320 g/mol. The molecule has 21 heavy (non-hydrogen) atoms. The zero-order valence-corrected chi connectivity index (χ0v) is 12.8. The highest BCUT2D eigenvalue weighted by molar-refractivity contribution is 7.98. The average Bonchev–Trinajstić information content (AvgIpc) is 2.46. The van der Waals surface area contributed by atoms with E-state index in [0.29, 0.717) is 22.8 Å². The topological polar surface area (TPSA) is 20.2 Å². The van der Waals surface area contributed by atoms with Crippen LogP contribution in [0.2, 0.25) is 5.02 Å². The van der Waals surface area contributed by atoms with Gasteiger partial charge in [0.25, 0.3) is 0 Å². The van der Waals surface area contributed by atoms with E-state index in [0.717, 1.165) is 10.5 Å². The summed E-state index contributed by atoms with van der Waals surface area (Å²) in [5.41, 5.74) is 1.48. The van der Waals surface area contributed by atoms with Crippen molar-refractivity contribution >= 4 is 23.4 Å². The maximum Gasteiger partial charge on any atom is 0.124 e. The van der Waals surface area contributed by atoms with Crippen molar-refractivity contribution in [2.24, 2.45) is 0 Å². The van der Waals surface area contributed by atoms with Crippen molar-refractivity contribution in [3.63, 3.8) is 0 Å². The van der Waals surface area contributed by atoms with Gasteiger partial charge in [-0.05, 0) is 35.9 Å². The van der Waals surface area contributed by atoms with Crippen molar-refractivity contribution < 1.29 is 9.50 Å². The Morgan fingerprint density at radius 1 is 1.19 bits per heavy atom. The zero-order valence-electron chi connectivity index (χ0n) is 11.3. The minimum Gasteiger partial charge on any atom is -0.395 e. The number of thioether (sulfide) groups is 1. The molecule has 2 aromatic rings. The van der Waals surface area contributed by atoms with Crippen molar-refractivity contribution in [1.29, 1.82) is 0 Å². The molecule has 2 rings (SSSR count). The van der Waals surface area contributed by atoms with Crippen LogP contribution in [-0.4, -0.2) is 11.7 Å². The van der Waals surface area contributed by atoms with Crippen LogP contribution in [0.15, 0.2) is 47.4 Å². The number of hydrogen-bond donors (Lipinski definition) is 1. The van der Waals surface area contributed by atoms with E-state index in [1.165, 1.54) is 12.1 Å². The second kappa shape index (κ2) is 8.09. The Hall–Kier alpha value is -1.47. The highest BCUT2D eigenvalue weighted by Gasteiger charge is 2.03. The quantitative estimate of drug-likeness (QED) is 0.661. The molecule has 0 fully saturated rings. The van der Waals surface area contributed by atoms with Crippen LogP contribution in [0.3, 0.4) is 0 Å². The molecule has 0 aliphatic rings.